The highest BCUT2D eigenvalue weighted by Gasteiger charge is 2.59. The number of nitrogens with one attached hydrogen (secondary N) is 1. The molecule has 2 aliphatic rings. The van der Waals surface area contributed by atoms with Crippen molar-refractivity contribution in [3.8, 4) is 0 Å². The summed E-state index contributed by atoms with van der Waals surface area (Å²) >= 11 is 9.31. The van der Waals surface area contributed by atoms with E-state index in [2.05, 4.69) is 40.1 Å². The third-order valence-corrected chi connectivity index (χ3v) is 5.35. The maximum atomic E-state index is 5.90. The van der Waals surface area contributed by atoms with Crippen LogP contribution in [0.5, 0.6) is 0 Å². The Kier molecular flexibility index (Phi) is 3.07. The number of hydrogen-bond donors (Lipinski definition) is 1. The van der Waals surface area contributed by atoms with Gasteiger partial charge in [0.1, 0.15) is 5.15 Å². The Bertz CT molecular complexity index is 480. The van der Waals surface area contributed by atoms with Gasteiger partial charge in [0.05, 0.1) is 22.5 Å². The Morgan fingerprint density at radius 1 is 1.56 bits per heavy atom. The molecular formula is C13H16BrClN2O. The summed E-state index contributed by atoms with van der Waals surface area (Å²) in [5.74, 6) is 0.620. The quantitative estimate of drug-likeness (QED) is 0.839. The minimum atomic E-state index is 0.174. The fraction of sp³-hybridized carbons (Fsp3) is 0.615. The van der Waals surface area contributed by atoms with Crippen molar-refractivity contribution >= 4 is 33.2 Å². The topological polar surface area (TPSA) is 34.2 Å². The lowest BCUT2D eigenvalue weighted by molar-refractivity contribution is -0.0923. The number of rotatable bonds is 2. The normalized spacial score (nSPS) is 32.8. The van der Waals surface area contributed by atoms with Crippen LogP contribution in [0.4, 0.5) is 5.69 Å². The number of halogens is 2. The molecule has 1 saturated carbocycles. The van der Waals surface area contributed by atoms with Crippen LogP contribution in [0.15, 0.2) is 16.7 Å². The van der Waals surface area contributed by atoms with E-state index in [-0.39, 0.29) is 5.41 Å². The van der Waals surface area contributed by atoms with Gasteiger partial charge in [-0.1, -0.05) is 25.4 Å². The van der Waals surface area contributed by atoms with Gasteiger partial charge in [-0.2, -0.15) is 0 Å². The summed E-state index contributed by atoms with van der Waals surface area (Å²) in [6.07, 6.45) is 3.33. The molecule has 3 atom stereocenters. The van der Waals surface area contributed by atoms with Crippen molar-refractivity contribution in [2.75, 3.05) is 11.9 Å². The monoisotopic (exact) mass is 330 g/mol. The molecule has 1 saturated heterocycles. The molecule has 2 heterocycles. The molecule has 3 unspecified atom stereocenters. The molecule has 18 heavy (non-hydrogen) atoms. The average Bonchev–Trinajstić information content (AvgIpc) is 2.77. The summed E-state index contributed by atoms with van der Waals surface area (Å²) in [7, 11) is 0. The Hall–Kier alpha value is -0.320. The van der Waals surface area contributed by atoms with Crippen LogP contribution >= 0.6 is 27.5 Å². The first-order chi connectivity index (χ1) is 8.50. The summed E-state index contributed by atoms with van der Waals surface area (Å²) in [5.41, 5.74) is 1.18. The molecule has 2 fully saturated rings. The van der Waals surface area contributed by atoms with Crippen molar-refractivity contribution in [2.45, 2.75) is 32.4 Å². The minimum Gasteiger partial charge on any atom is -0.380 e. The Morgan fingerprint density at radius 3 is 3.06 bits per heavy atom. The number of pyridine rings is 1. The van der Waals surface area contributed by atoms with Gasteiger partial charge >= 0.3 is 0 Å². The lowest BCUT2D eigenvalue weighted by Crippen LogP contribution is -2.63. The maximum absolute atomic E-state index is 5.90. The van der Waals surface area contributed by atoms with Crippen molar-refractivity contribution in [2.24, 2.45) is 11.3 Å². The van der Waals surface area contributed by atoms with E-state index in [0.717, 1.165) is 23.2 Å². The van der Waals surface area contributed by atoms with Crippen molar-refractivity contribution in [1.82, 2.24) is 4.98 Å². The zero-order valence-electron chi connectivity index (χ0n) is 10.4. The number of hydrogen-bond acceptors (Lipinski definition) is 3. The van der Waals surface area contributed by atoms with Crippen molar-refractivity contribution in [1.29, 1.82) is 0 Å². The maximum Gasteiger partial charge on any atom is 0.143 e. The minimum absolute atomic E-state index is 0.174. The van der Waals surface area contributed by atoms with E-state index in [1.807, 2.05) is 6.07 Å². The second-order valence-corrected chi connectivity index (χ2v) is 6.90. The van der Waals surface area contributed by atoms with Crippen molar-refractivity contribution in [3.63, 3.8) is 0 Å². The smallest absolute Gasteiger partial charge is 0.143 e. The molecule has 5 heteroatoms. The molecule has 3 rings (SSSR count). The molecule has 0 bridgehead atoms. The molecule has 1 aliphatic carbocycles. The predicted octanol–water partition coefficient (Wildman–Crippen LogP) is 3.72. The molecule has 98 valence electrons. The van der Waals surface area contributed by atoms with Crippen LogP contribution in [-0.2, 0) is 4.74 Å². The van der Waals surface area contributed by atoms with Gasteiger partial charge in [0.2, 0.25) is 0 Å². The summed E-state index contributed by atoms with van der Waals surface area (Å²) < 4.78 is 6.62. The fourth-order valence-electron chi connectivity index (χ4n) is 3.30. The first-order valence-corrected chi connectivity index (χ1v) is 7.36. The third kappa shape index (κ3) is 1.86. The van der Waals surface area contributed by atoms with Crippen LogP contribution in [-0.4, -0.2) is 23.7 Å². The molecule has 0 radical (unpaired) electrons. The highest BCUT2D eigenvalue weighted by atomic mass is 79.9. The van der Waals surface area contributed by atoms with Gasteiger partial charge in [-0.25, -0.2) is 4.98 Å². The summed E-state index contributed by atoms with van der Waals surface area (Å²) in [4.78, 5) is 4.15. The fourth-order valence-corrected chi connectivity index (χ4v) is 3.75. The predicted molar refractivity (Wildman–Crippen MR) is 76.0 cm³/mol. The van der Waals surface area contributed by atoms with E-state index in [0.29, 0.717) is 23.2 Å². The number of fused-ring (bicyclic) bond motifs is 1. The number of nitrogens with zero attached hydrogens (tertiary/aromatic N) is 1. The molecule has 1 aromatic rings. The number of ether oxygens (including phenoxy) is 1. The first kappa shape index (κ1) is 12.7. The van der Waals surface area contributed by atoms with Crippen LogP contribution in [0.3, 0.4) is 0 Å². The van der Waals surface area contributed by atoms with Crippen molar-refractivity contribution < 1.29 is 4.74 Å². The lowest BCUT2D eigenvalue weighted by atomic mass is 9.57. The Labute approximate surface area is 120 Å². The molecule has 1 aliphatic heterocycles. The summed E-state index contributed by atoms with van der Waals surface area (Å²) in [5, 5.41) is 4.07. The second-order valence-electron chi connectivity index (χ2n) is 5.68. The lowest BCUT2D eigenvalue weighted by Gasteiger charge is -2.55. The summed E-state index contributed by atoms with van der Waals surface area (Å²) in [6, 6.07) is 2.43. The zero-order chi connectivity index (χ0) is 12.9. The molecule has 0 aromatic carbocycles. The van der Waals surface area contributed by atoms with E-state index >= 15 is 0 Å². The van der Waals surface area contributed by atoms with E-state index in [1.54, 1.807) is 6.20 Å². The molecule has 3 nitrogen and oxygen atoms in total. The van der Waals surface area contributed by atoms with Crippen LogP contribution in [0.1, 0.15) is 20.3 Å². The van der Waals surface area contributed by atoms with Crippen LogP contribution in [0.2, 0.25) is 5.15 Å². The van der Waals surface area contributed by atoms with Gasteiger partial charge in [0, 0.05) is 24.0 Å². The van der Waals surface area contributed by atoms with Gasteiger partial charge < -0.3 is 10.1 Å². The highest BCUT2D eigenvalue weighted by Crippen LogP contribution is 2.53. The van der Waals surface area contributed by atoms with E-state index < -0.39 is 0 Å². The SMILES string of the molecule is CC1(C)C(Nc2cnc(Cl)c(Br)c2)C2CCOC21. The van der Waals surface area contributed by atoms with Gasteiger partial charge in [-0.15, -0.1) is 0 Å². The Balaban J connectivity index is 1.78. The number of anilines is 1. The number of aromatic nitrogens is 1. The molecule has 1 aromatic heterocycles. The van der Waals surface area contributed by atoms with Gasteiger partial charge in [-0.05, 0) is 28.4 Å². The standard InChI is InChI=1S/C13H16BrClN2O/c1-13(2)10(8-3-4-18-11(8)13)17-7-5-9(14)12(15)16-6-7/h5-6,8,10-11,17H,3-4H2,1-2H3. The van der Waals surface area contributed by atoms with Crippen molar-refractivity contribution in [3.05, 3.63) is 21.9 Å². The molecule has 0 amide bonds. The van der Waals surface area contributed by atoms with E-state index in [1.165, 1.54) is 0 Å². The third-order valence-electron chi connectivity index (χ3n) is 4.22. The second kappa shape index (κ2) is 4.36. The van der Waals surface area contributed by atoms with Crippen LogP contribution in [0.25, 0.3) is 0 Å². The first-order valence-electron chi connectivity index (χ1n) is 6.19. The van der Waals surface area contributed by atoms with Gasteiger partial charge in [0.25, 0.3) is 0 Å². The van der Waals surface area contributed by atoms with Crippen LogP contribution < -0.4 is 5.32 Å². The average molecular weight is 332 g/mol. The molecule has 1 N–H and O–H groups in total. The van der Waals surface area contributed by atoms with Crippen LogP contribution in [0, 0.1) is 11.3 Å². The largest absolute Gasteiger partial charge is 0.380 e. The Morgan fingerprint density at radius 2 is 2.33 bits per heavy atom. The summed E-state index contributed by atoms with van der Waals surface area (Å²) in [6.45, 7) is 5.41. The van der Waals surface area contributed by atoms with Gasteiger partial charge in [-0.3, -0.25) is 0 Å². The van der Waals surface area contributed by atoms with E-state index in [4.69, 9.17) is 16.3 Å². The zero-order valence-corrected chi connectivity index (χ0v) is 12.8. The van der Waals surface area contributed by atoms with Gasteiger partial charge in [0.15, 0.2) is 0 Å². The highest BCUT2D eigenvalue weighted by molar-refractivity contribution is 9.10. The van der Waals surface area contributed by atoms with E-state index in [9.17, 15) is 0 Å². The molecular weight excluding hydrogens is 316 g/mol. The molecule has 0 spiro atoms.